The summed E-state index contributed by atoms with van der Waals surface area (Å²) in [4.78, 5) is 32.5. The molecule has 0 aliphatic carbocycles. The van der Waals surface area contributed by atoms with Crippen LogP contribution in [0.3, 0.4) is 0 Å². The summed E-state index contributed by atoms with van der Waals surface area (Å²) < 4.78 is 1.70. The number of carbonyl (C=O) groups excluding carboxylic acids is 1. The lowest BCUT2D eigenvalue weighted by molar-refractivity contribution is -0.113. The molecule has 0 fully saturated rings. The summed E-state index contributed by atoms with van der Waals surface area (Å²) >= 11 is 1.29. The van der Waals surface area contributed by atoms with Crippen LogP contribution in [-0.4, -0.2) is 45.7 Å². The lowest BCUT2D eigenvalue weighted by Gasteiger charge is -2.20. The molecule has 7 heteroatoms. The van der Waals surface area contributed by atoms with E-state index in [2.05, 4.69) is 29.0 Å². The Hall–Kier alpha value is -2.64. The number of thioether (sulfide) groups is 1. The number of nitrogens with one attached hydrogen (secondary N) is 1. The Morgan fingerprint density at radius 1 is 1.10 bits per heavy atom. The lowest BCUT2D eigenvalue weighted by atomic mass is 10.2. The summed E-state index contributed by atoms with van der Waals surface area (Å²) in [5, 5.41) is 4.07. The predicted molar refractivity (Wildman–Crippen MR) is 124 cm³/mol. The molecule has 1 amide bonds. The third kappa shape index (κ3) is 5.49. The van der Waals surface area contributed by atoms with E-state index in [4.69, 9.17) is 0 Å². The SMILES string of the molecule is CCN(CC)CCn1c(SCC(=O)Nc2ccc(C)cc2)nc2ccccc2c1=O. The maximum Gasteiger partial charge on any atom is 0.262 e. The van der Waals surface area contributed by atoms with Gasteiger partial charge in [0.15, 0.2) is 5.16 Å². The number of aromatic nitrogens is 2. The zero-order chi connectivity index (χ0) is 21.5. The van der Waals surface area contributed by atoms with Gasteiger partial charge < -0.3 is 10.2 Å². The Morgan fingerprint density at radius 3 is 2.50 bits per heavy atom. The van der Waals surface area contributed by atoms with Gasteiger partial charge in [-0.05, 0) is 44.3 Å². The van der Waals surface area contributed by atoms with Gasteiger partial charge in [-0.2, -0.15) is 0 Å². The number of hydrogen-bond donors (Lipinski definition) is 1. The summed E-state index contributed by atoms with van der Waals surface area (Å²) in [6.07, 6.45) is 0. The fraction of sp³-hybridized carbons (Fsp3) is 0.348. The van der Waals surface area contributed by atoms with E-state index >= 15 is 0 Å². The van der Waals surface area contributed by atoms with Crippen LogP contribution in [0.25, 0.3) is 10.9 Å². The molecule has 158 valence electrons. The molecule has 0 saturated heterocycles. The molecule has 0 unspecified atom stereocenters. The highest BCUT2D eigenvalue weighted by Crippen LogP contribution is 2.19. The molecular weight excluding hydrogens is 396 g/mol. The van der Waals surface area contributed by atoms with Crippen LogP contribution >= 0.6 is 11.8 Å². The van der Waals surface area contributed by atoms with Crippen LogP contribution in [0, 0.1) is 6.92 Å². The normalized spacial score (nSPS) is 11.2. The quantitative estimate of drug-likeness (QED) is 0.418. The van der Waals surface area contributed by atoms with Gasteiger partial charge in [0.25, 0.3) is 5.56 Å². The van der Waals surface area contributed by atoms with Crippen molar-refractivity contribution >= 4 is 34.3 Å². The molecule has 0 atom stereocenters. The van der Waals surface area contributed by atoms with Crippen LogP contribution in [0.5, 0.6) is 0 Å². The first-order chi connectivity index (χ1) is 14.5. The molecule has 0 radical (unpaired) electrons. The summed E-state index contributed by atoms with van der Waals surface area (Å²) in [7, 11) is 0. The number of anilines is 1. The lowest BCUT2D eigenvalue weighted by Crippen LogP contribution is -2.32. The monoisotopic (exact) mass is 424 g/mol. The second-order valence-corrected chi connectivity index (χ2v) is 8.04. The molecule has 1 heterocycles. The Labute approximate surface area is 181 Å². The van der Waals surface area contributed by atoms with Gasteiger partial charge >= 0.3 is 0 Å². The van der Waals surface area contributed by atoms with Crippen LogP contribution in [0.2, 0.25) is 0 Å². The molecule has 0 bridgehead atoms. The third-order valence-corrected chi connectivity index (χ3v) is 6.00. The smallest absolute Gasteiger partial charge is 0.262 e. The molecule has 6 nitrogen and oxygen atoms in total. The van der Waals surface area contributed by atoms with Crippen molar-refractivity contribution in [2.24, 2.45) is 0 Å². The molecule has 1 N–H and O–H groups in total. The topological polar surface area (TPSA) is 67.2 Å². The second-order valence-electron chi connectivity index (χ2n) is 7.10. The van der Waals surface area contributed by atoms with Gasteiger partial charge in [-0.1, -0.05) is 55.4 Å². The van der Waals surface area contributed by atoms with Crippen molar-refractivity contribution in [2.45, 2.75) is 32.5 Å². The Balaban J connectivity index is 1.80. The van der Waals surface area contributed by atoms with E-state index in [0.717, 1.165) is 30.9 Å². The highest BCUT2D eigenvalue weighted by molar-refractivity contribution is 7.99. The predicted octanol–water partition coefficient (Wildman–Crippen LogP) is 3.78. The zero-order valence-electron chi connectivity index (χ0n) is 17.7. The maximum atomic E-state index is 13.1. The van der Waals surface area contributed by atoms with Crippen molar-refractivity contribution in [3.63, 3.8) is 0 Å². The van der Waals surface area contributed by atoms with E-state index in [1.807, 2.05) is 49.4 Å². The molecule has 2 aromatic carbocycles. The Morgan fingerprint density at radius 2 is 1.80 bits per heavy atom. The standard InChI is InChI=1S/C23H28N4O2S/c1-4-26(5-2)14-15-27-22(29)19-8-6-7-9-20(19)25-23(27)30-16-21(28)24-18-12-10-17(3)11-13-18/h6-13H,4-5,14-16H2,1-3H3,(H,24,28). The van der Waals surface area contributed by atoms with Crippen LogP contribution in [0.15, 0.2) is 58.5 Å². The average Bonchev–Trinajstić information content (AvgIpc) is 2.76. The highest BCUT2D eigenvalue weighted by atomic mass is 32.2. The van der Waals surface area contributed by atoms with Gasteiger partial charge in [-0.3, -0.25) is 14.2 Å². The molecule has 0 saturated carbocycles. The summed E-state index contributed by atoms with van der Waals surface area (Å²) in [6, 6.07) is 15.0. The fourth-order valence-electron chi connectivity index (χ4n) is 3.20. The number of hydrogen-bond acceptors (Lipinski definition) is 5. The van der Waals surface area contributed by atoms with Gasteiger partial charge in [-0.15, -0.1) is 0 Å². The van der Waals surface area contributed by atoms with E-state index in [-0.39, 0.29) is 17.2 Å². The van der Waals surface area contributed by atoms with Crippen molar-refractivity contribution in [3.05, 3.63) is 64.4 Å². The first-order valence-electron chi connectivity index (χ1n) is 10.2. The van der Waals surface area contributed by atoms with Crippen molar-refractivity contribution in [1.82, 2.24) is 14.5 Å². The van der Waals surface area contributed by atoms with Crippen molar-refractivity contribution in [1.29, 1.82) is 0 Å². The van der Waals surface area contributed by atoms with Crippen molar-refractivity contribution in [3.8, 4) is 0 Å². The number of aryl methyl sites for hydroxylation is 1. The molecule has 30 heavy (non-hydrogen) atoms. The van der Waals surface area contributed by atoms with Crippen molar-refractivity contribution in [2.75, 3.05) is 30.7 Å². The fourth-order valence-corrected chi connectivity index (χ4v) is 4.03. The highest BCUT2D eigenvalue weighted by Gasteiger charge is 2.14. The number of rotatable bonds is 9. The molecule has 0 aliphatic rings. The average molecular weight is 425 g/mol. The summed E-state index contributed by atoms with van der Waals surface area (Å²) in [6.45, 7) is 9.37. The van der Waals surface area contributed by atoms with Crippen molar-refractivity contribution < 1.29 is 4.79 Å². The van der Waals surface area contributed by atoms with Gasteiger partial charge in [0.2, 0.25) is 5.91 Å². The van der Waals surface area contributed by atoms with Gasteiger partial charge in [0, 0.05) is 18.8 Å². The minimum absolute atomic E-state index is 0.0609. The van der Waals surface area contributed by atoms with Gasteiger partial charge in [0.1, 0.15) is 0 Å². The molecule has 0 aliphatic heterocycles. The van der Waals surface area contributed by atoms with Crippen LogP contribution in [0.4, 0.5) is 5.69 Å². The molecule has 3 aromatic rings. The van der Waals surface area contributed by atoms with E-state index in [1.165, 1.54) is 11.8 Å². The minimum atomic E-state index is -0.124. The summed E-state index contributed by atoms with van der Waals surface area (Å²) in [5.41, 5.74) is 2.49. The number of benzene rings is 2. The molecule has 0 spiro atoms. The van der Waals surface area contributed by atoms with E-state index in [0.29, 0.717) is 22.6 Å². The van der Waals surface area contributed by atoms with Gasteiger partial charge in [-0.25, -0.2) is 4.98 Å². The molecular formula is C23H28N4O2S. The Kier molecular flexibility index (Phi) is 7.65. The first kappa shape index (κ1) is 22.1. The largest absolute Gasteiger partial charge is 0.325 e. The number of likely N-dealkylation sites (N-methyl/N-ethyl adjacent to an activating group) is 1. The van der Waals surface area contributed by atoms with Crippen LogP contribution in [-0.2, 0) is 11.3 Å². The van der Waals surface area contributed by atoms with E-state index in [1.54, 1.807) is 10.6 Å². The van der Waals surface area contributed by atoms with E-state index < -0.39 is 0 Å². The number of para-hydroxylation sites is 1. The number of carbonyl (C=O) groups is 1. The minimum Gasteiger partial charge on any atom is -0.325 e. The van der Waals surface area contributed by atoms with Gasteiger partial charge in [0.05, 0.1) is 16.7 Å². The number of amides is 1. The maximum absolute atomic E-state index is 13.1. The molecule has 3 rings (SSSR count). The van der Waals surface area contributed by atoms with Crippen LogP contribution in [0.1, 0.15) is 19.4 Å². The summed E-state index contributed by atoms with van der Waals surface area (Å²) in [5.74, 6) is 0.0609. The van der Waals surface area contributed by atoms with Crippen LogP contribution < -0.4 is 10.9 Å². The second kappa shape index (κ2) is 10.4. The third-order valence-electron chi connectivity index (χ3n) is 5.03. The van der Waals surface area contributed by atoms with E-state index in [9.17, 15) is 9.59 Å². The number of fused-ring (bicyclic) bond motifs is 1. The zero-order valence-corrected chi connectivity index (χ0v) is 18.5. The first-order valence-corrected chi connectivity index (χ1v) is 11.2. The molecule has 1 aromatic heterocycles. The number of nitrogens with zero attached hydrogens (tertiary/aromatic N) is 3. The Bertz CT molecular complexity index is 1060.